The fraction of sp³-hybridized carbons (Fsp3) is 0.429. The summed E-state index contributed by atoms with van der Waals surface area (Å²) >= 11 is 0. The predicted octanol–water partition coefficient (Wildman–Crippen LogP) is 2.71. The summed E-state index contributed by atoms with van der Waals surface area (Å²) in [7, 11) is 1.62. The van der Waals surface area contributed by atoms with E-state index in [0.717, 1.165) is 11.4 Å². The molecule has 2 aromatic rings. The Morgan fingerprint density at radius 1 is 1.20 bits per heavy atom. The van der Waals surface area contributed by atoms with Gasteiger partial charge in [-0.2, -0.15) is 0 Å². The maximum atomic E-state index is 5.53. The lowest BCUT2D eigenvalue weighted by Crippen LogP contribution is -2.35. The number of para-hydroxylation sites is 2. The normalized spacial score (nSPS) is 11.4. The molecule has 0 unspecified atom stereocenters. The highest BCUT2D eigenvalue weighted by Crippen LogP contribution is 2.26. The van der Waals surface area contributed by atoms with Gasteiger partial charge in [0.2, 0.25) is 5.89 Å². The Balaban J connectivity index is 2.02. The Kier molecular flexibility index (Phi) is 4.24. The van der Waals surface area contributed by atoms with Crippen LogP contribution in [-0.4, -0.2) is 22.8 Å². The molecule has 1 aromatic carbocycles. The third-order valence-electron chi connectivity index (χ3n) is 2.59. The van der Waals surface area contributed by atoms with Gasteiger partial charge >= 0.3 is 6.01 Å². The van der Waals surface area contributed by atoms with Crippen LogP contribution in [0.4, 0.5) is 11.7 Å². The number of methoxy groups -OCH3 is 1. The Labute approximate surface area is 118 Å². The second kappa shape index (κ2) is 5.92. The molecular formula is C14H20N4O2. The van der Waals surface area contributed by atoms with E-state index in [9.17, 15) is 0 Å². The van der Waals surface area contributed by atoms with Crippen LogP contribution in [-0.2, 0) is 6.54 Å². The zero-order chi connectivity index (χ0) is 14.6. The van der Waals surface area contributed by atoms with Crippen molar-refractivity contribution in [3.63, 3.8) is 0 Å². The van der Waals surface area contributed by atoms with Gasteiger partial charge in [-0.05, 0) is 32.9 Å². The molecule has 0 aliphatic rings. The summed E-state index contributed by atoms with van der Waals surface area (Å²) in [4.78, 5) is 0. The first-order valence-corrected chi connectivity index (χ1v) is 6.45. The lowest BCUT2D eigenvalue weighted by molar-refractivity contribution is 0.384. The molecule has 0 aliphatic heterocycles. The van der Waals surface area contributed by atoms with Gasteiger partial charge in [-0.15, -0.1) is 5.10 Å². The number of aromatic nitrogens is 2. The van der Waals surface area contributed by atoms with Gasteiger partial charge in [-0.1, -0.05) is 17.2 Å². The average Bonchev–Trinajstić information content (AvgIpc) is 2.84. The van der Waals surface area contributed by atoms with E-state index in [0.29, 0.717) is 18.5 Å². The molecule has 6 nitrogen and oxygen atoms in total. The van der Waals surface area contributed by atoms with E-state index in [1.165, 1.54) is 0 Å². The summed E-state index contributed by atoms with van der Waals surface area (Å²) in [5, 5.41) is 14.3. The summed E-state index contributed by atoms with van der Waals surface area (Å²) in [6.07, 6.45) is 0. The summed E-state index contributed by atoms with van der Waals surface area (Å²) in [6, 6.07) is 7.90. The minimum atomic E-state index is 0.00467. The smallest absolute Gasteiger partial charge is 0.320 e. The fourth-order valence-corrected chi connectivity index (χ4v) is 1.58. The lowest BCUT2D eigenvalue weighted by Gasteiger charge is -2.18. The second-order valence-electron chi connectivity index (χ2n) is 5.43. The Bertz CT molecular complexity index is 560. The zero-order valence-corrected chi connectivity index (χ0v) is 12.2. The van der Waals surface area contributed by atoms with E-state index >= 15 is 0 Å². The molecular weight excluding hydrogens is 256 g/mol. The highest BCUT2D eigenvalue weighted by molar-refractivity contribution is 5.61. The Hall–Kier alpha value is -2.08. The first-order chi connectivity index (χ1) is 9.48. The van der Waals surface area contributed by atoms with Crippen LogP contribution in [0.15, 0.2) is 28.7 Å². The van der Waals surface area contributed by atoms with E-state index in [-0.39, 0.29) is 5.54 Å². The summed E-state index contributed by atoms with van der Waals surface area (Å²) in [6.45, 7) is 6.77. The van der Waals surface area contributed by atoms with Crippen molar-refractivity contribution in [2.24, 2.45) is 0 Å². The molecule has 108 valence electrons. The van der Waals surface area contributed by atoms with Crippen molar-refractivity contribution in [3.8, 4) is 5.75 Å². The highest BCUT2D eigenvalue weighted by atomic mass is 16.5. The van der Waals surface area contributed by atoms with Gasteiger partial charge in [0, 0.05) is 5.54 Å². The third kappa shape index (κ3) is 3.96. The number of benzene rings is 1. The number of rotatable bonds is 5. The second-order valence-corrected chi connectivity index (χ2v) is 5.43. The first kappa shape index (κ1) is 14.3. The molecule has 0 atom stereocenters. The van der Waals surface area contributed by atoms with Crippen LogP contribution in [0.25, 0.3) is 0 Å². The van der Waals surface area contributed by atoms with Gasteiger partial charge in [0.25, 0.3) is 0 Å². The van der Waals surface area contributed by atoms with E-state index in [2.05, 4.69) is 41.6 Å². The molecule has 0 saturated carbocycles. The number of anilines is 2. The van der Waals surface area contributed by atoms with Crippen molar-refractivity contribution in [3.05, 3.63) is 30.2 Å². The van der Waals surface area contributed by atoms with Gasteiger partial charge in [0.05, 0.1) is 19.3 Å². The molecule has 0 bridgehead atoms. The Morgan fingerprint density at radius 3 is 2.65 bits per heavy atom. The SMILES string of the molecule is COc1ccccc1Nc1nnc(CNC(C)(C)C)o1. The van der Waals surface area contributed by atoms with E-state index in [1.54, 1.807) is 7.11 Å². The number of ether oxygens (including phenoxy) is 1. The molecule has 2 N–H and O–H groups in total. The molecule has 0 amide bonds. The summed E-state index contributed by atoms with van der Waals surface area (Å²) in [5.74, 6) is 1.26. The van der Waals surface area contributed by atoms with Crippen LogP contribution in [0.5, 0.6) is 5.75 Å². The van der Waals surface area contributed by atoms with Crippen LogP contribution in [0, 0.1) is 0 Å². The number of hydrogen-bond donors (Lipinski definition) is 2. The molecule has 6 heteroatoms. The topological polar surface area (TPSA) is 72.2 Å². The maximum absolute atomic E-state index is 5.53. The van der Waals surface area contributed by atoms with Crippen molar-refractivity contribution >= 4 is 11.7 Å². The fourth-order valence-electron chi connectivity index (χ4n) is 1.58. The van der Waals surface area contributed by atoms with Gasteiger partial charge in [0.15, 0.2) is 0 Å². The number of nitrogens with one attached hydrogen (secondary N) is 2. The first-order valence-electron chi connectivity index (χ1n) is 6.45. The minimum Gasteiger partial charge on any atom is -0.495 e. The maximum Gasteiger partial charge on any atom is 0.320 e. The van der Waals surface area contributed by atoms with Crippen LogP contribution in [0.1, 0.15) is 26.7 Å². The molecule has 0 aliphatic carbocycles. The quantitative estimate of drug-likeness (QED) is 0.875. The molecule has 0 saturated heterocycles. The van der Waals surface area contributed by atoms with Crippen molar-refractivity contribution in [1.29, 1.82) is 0 Å². The average molecular weight is 276 g/mol. The standard InChI is InChI=1S/C14H20N4O2/c1-14(2,3)15-9-12-17-18-13(20-12)16-10-7-5-6-8-11(10)19-4/h5-8,15H,9H2,1-4H3,(H,16,18). The molecule has 0 radical (unpaired) electrons. The summed E-state index contributed by atoms with van der Waals surface area (Å²) in [5.41, 5.74) is 0.791. The van der Waals surface area contributed by atoms with Crippen molar-refractivity contribution in [2.75, 3.05) is 12.4 Å². The zero-order valence-electron chi connectivity index (χ0n) is 12.2. The monoisotopic (exact) mass is 276 g/mol. The predicted molar refractivity (Wildman–Crippen MR) is 77.2 cm³/mol. The van der Waals surface area contributed by atoms with Crippen LogP contribution in [0.3, 0.4) is 0 Å². The molecule has 20 heavy (non-hydrogen) atoms. The van der Waals surface area contributed by atoms with Gasteiger partial charge in [0.1, 0.15) is 5.75 Å². The highest BCUT2D eigenvalue weighted by Gasteiger charge is 2.13. The van der Waals surface area contributed by atoms with Crippen molar-refractivity contribution in [1.82, 2.24) is 15.5 Å². The summed E-state index contributed by atoms with van der Waals surface area (Å²) < 4.78 is 10.8. The Morgan fingerprint density at radius 2 is 1.95 bits per heavy atom. The molecule has 1 aromatic heterocycles. The molecule has 1 heterocycles. The van der Waals surface area contributed by atoms with Gasteiger partial charge < -0.3 is 19.8 Å². The number of hydrogen-bond acceptors (Lipinski definition) is 6. The van der Waals surface area contributed by atoms with Gasteiger partial charge in [-0.3, -0.25) is 0 Å². The van der Waals surface area contributed by atoms with Crippen molar-refractivity contribution in [2.45, 2.75) is 32.9 Å². The molecule has 0 fully saturated rings. The molecule has 0 spiro atoms. The van der Waals surface area contributed by atoms with Crippen LogP contribution >= 0.6 is 0 Å². The van der Waals surface area contributed by atoms with Crippen molar-refractivity contribution < 1.29 is 9.15 Å². The number of nitrogens with zero attached hydrogens (tertiary/aromatic N) is 2. The third-order valence-corrected chi connectivity index (χ3v) is 2.59. The van der Waals surface area contributed by atoms with Crippen LogP contribution in [0.2, 0.25) is 0 Å². The lowest BCUT2D eigenvalue weighted by atomic mass is 10.1. The van der Waals surface area contributed by atoms with Crippen LogP contribution < -0.4 is 15.4 Å². The minimum absolute atomic E-state index is 0.00467. The van der Waals surface area contributed by atoms with E-state index < -0.39 is 0 Å². The van der Waals surface area contributed by atoms with E-state index in [4.69, 9.17) is 9.15 Å². The van der Waals surface area contributed by atoms with Gasteiger partial charge in [-0.25, -0.2) is 0 Å². The molecule has 2 rings (SSSR count). The largest absolute Gasteiger partial charge is 0.495 e. The van der Waals surface area contributed by atoms with E-state index in [1.807, 2.05) is 24.3 Å².